The van der Waals surface area contributed by atoms with E-state index in [4.69, 9.17) is 9.47 Å². The number of hydrogen-bond acceptors (Lipinski definition) is 5. The fourth-order valence-electron chi connectivity index (χ4n) is 2.65. The fraction of sp³-hybridized carbons (Fsp3) is 0.905. The van der Waals surface area contributed by atoms with Crippen LogP contribution < -0.4 is 5.32 Å². The lowest BCUT2D eigenvalue weighted by atomic mass is 10.1. The molecule has 1 amide bonds. The Labute approximate surface area is 170 Å². The molecule has 27 heavy (non-hydrogen) atoms. The molecule has 0 unspecified atom stereocenters. The lowest BCUT2D eigenvalue weighted by Crippen LogP contribution is -2.45. The van der Waals surface area contributed by atoms with Crippen molar-refractivity contribution in [1.82, 2.24) is 5.32 Å². The van der Waals surface area contributed by atoms with Gasteiger partial charge in [0.25, 0.3) is 0 Å². The molecule has 0 aromatic heterocycles. The zero-order valence-corrected chi connectivity index (χ0v) is 18.9. The highest BCUT2D eigenvalue weighted by molar-refractivity contribution is 7.99. The third-order valence-electron chi connectivity index (χ3n) is 4.10. The maximum absolute atomic E-state index is 11.9. The number of nitrogens with one attached hydrogen (secondary N) is 1. The Balaban J connectivity index is 3.80. The maximum atomic E-state index is 11.9. The van der Waals surface area contributed by atoms with Gasteiger partial charge in [-0.05, 0) is 32.9 Å². The normalized spacial score (nSPS) is 12.5. The van der Waals surface area contributed by atoms with Gasteiger partial charge in [0.15, 0.2) is 0 Å². The monoisotopic (exact) mass is 403 g/mol. The molecule has 0 aromatic carbocycles. The number of rotatable bonds is 15. The number of unbranched alkanes of at least 4 members (excludes halogenated alkanes) is 9. The molecule has 0 saturated heterocycles. The van der Waals surface area contributed by atoms with Crippen LogP contribution >= 0.6 is 11.8 Å². The molecule has 0 aliphatic rings. The Hall–Kier alpha value is -0.910. The van der Waals surface area contributed by atoms with Crippen LogP contribution in [0.1, 0.15) is 91.9 Å². The van der Waals surface area contributed by atoms with Crippen molar-refractivity contribution in [1.29, 1.82) is 0 Å². The number of thioether (sulfide) groups is 1. The number of hydrogen-bond donors (Lipinski definition) is 1. The van der Waals surface area contributed by atoms with Gasteiger partial charge in [0.05, 0.1) is 7.11 Å². The molecule has 0 saturated carbocycles. The summed E-state index contributed by atoms with van der Waals surface area (Å²) in [7, 11) is 1.33. The van der Waals surface area contributed by atoms with E-state index in [2.05, 4.69) is 12.2 Å². The predicted octanol–water partition coefficient (Wildman–Crippen LogP) is 5.71. The lowest BCUT2D eigenvalue weighted by molar-refractivity contribution is -0.142. The van der Waals surface area contributed by atoms with Gasteiger partial charge in [0.1, 0.15) is 11.6 Å². The molecular weight excluding hydrogens is 362 g/mol. The van der Waals surface area contributed by atoms with Crippen LogP contribution in [0.5, 0.6) is 0 Å². The first-order valence-electron chi connectivity index (χ1n) is 10.4. The second-order valence-corrected chi connectivity index (χ2v) is 9.13. The summed E-state index contributed by atoms with van der Waals surface area (Å²) in [6.07, 6.45) is 12.5. The van der Waals surface area contributed by atoms with Gasteiger partial charge in [0, 0.05) is 5.75 Å². The zero-order valence-electron chi connectivity index (χ0n) is 18.1. The average Bonchev–Trinajstić information content (AvgIpc) is 2.59. The standard InChI is InChI=1S/C21H41NO4S/c1-6-7-8-9-10-11-12-13-14-15-16-27-17-18(19(23)25-5)22-20(24)26-21(2,3)4/h18H,6-17H2,1-5H3,(H,22,24)/t18-/m0/s1. The molecule has 6 heteroatoms. The summed E-state index contributed by atoms with van der Waals surface area (Å²) >= 11 is 1.67. The van der Waals surface area contributed by atoms with Crippen molar-refractivity contribution in [2.75, 3.05) is 18.6 Å². The van der Waals surface area contributed by atoms with E-state index in [1.807, 2.05) is 0 Å². The quantitative estimate of drug-likeness (QED) is 0.280. The van der Waals surface area contributed by atoms with Crippen molar-refractivity contribution in [2.45, 2.75) is 104 Å². The van der Waals surface area contributed by atoms with Gasteiger partial charge in [0.2, 0.25) is 0 Å². The second-order valence-electron chi connectivity index (χ2n) is 7.98. The molecule has 160 valence electrons. The van der Waals surface area contributed by atoms with Gasteiger partial charge in [-0.15, -0.1) is 0 Å². The molecule has 0 aliphatic heterocycles. The van der Waals surface area contributed by atoms with Crippen molar-refractivity contribution < 1.29 is 19.1 Å². The van der Waals surface area contributed by atoms with Crippen LogP contribution in [0.4, 0.5) is 4.79 Å². The first-order valence-corrected chi connectivity index (χ1v) is 11.6. The van der Waals surface area contributed by atoms with Gasteiger partial charge < -0.3 is 14.8 Å². The summed E-state index contributed by atoms with van der Waals surface area (Å²) < 4.78 is 9.99. The van der Waals surface area contributed by atoms with Crippen molar-refractivity contribution in [3.63, 3.8) is 0 Å². The van der Waals surface area contributed by atoms with Gasteiger partial charge in [-0.1, -0.05) is 64.7 Å². The SMILES string of the molecule is CCCCCCCCCCCCSC[C@H](NC(=O)OC(C)(C)C)C(=O)OC. The third kappa shape index (κ3) is 17.0. The van der Waals surface area contributed by atoms with Crippen LogP contribution in [0.3, 0.4) is 0 Å². The van der Waals surface area contributed by atoms with Gasteiger partial charge >= 0.3 is 12.1 Å². The molecular formula is C21H41NO4S. The van der Waals surface area contributed by atoms with Crippen molar-refractivity contribution in [3.8, 4) is 0 Å². The van der Waals surface area contributed by atoms with Crippen LogP contribution in [-0.2, 0) is 14.3 Å². The first kappa shape index (κ1) is 26.1. The van der Waals surface area contributed by atoms with E-state index in [1.54, 1.807) is 32.5 Å². The minimum Gasteiger partial charge on any atom is -0.467 e. The number of ether oxygens (including phenoxy) is 2. The smallest absolute Gasteiger partial charge is 0.408 e. The number of alkyl carbamates (subject to hydrolysis) is 1. The van der Waals surface area contributed by atoms with E-state index in [-0.39, 0.29) is 0 Å². The number of methoxy groups -OCH3 is 1. The Morgan fingerprint density at radius 3 is 1.93 bits per heavy atom. The maximum Gasteiger partial charge on any atom is 0.408 e. The molecule has 0 spiro atoms. The van der Waals surface area contributed by atoms with E-state index in [0.717, 1.165) is 12.2 Å². The van der Waals surface area contributed by atoms with E-state index in [1.165, 1.54) is 64.9 Å². The van der Waals surface area contributed by atoms with E-state index in [0.29, 0.717) is 5.75 Å². The zero-order chi connectivity index (χ0) is 20.5. The Morgan fingerprint density at radius 2 is 1.44 bits per heavy atom. The first-order chi connectivity index (χ1) is 12.8. The molecule has 0 aromatic rings. The Morgan fingerprint density at radius 1 is 0.926 bits per heavy atom. The molecule has 0 fully saturated rings. The molecule has 5 nitrogen and oxygen atoms in total. The molecule has 1 N–H and O–H groups in total. The van der Waals surface area contributed by atoms with E-state index >= 15 is 0 Å². The molecule has 0 rings (SSSR count). The molecule has 0 aliphatic carbocycles. The number of amides is 1. The molecule has 0 radical (unpaired) electrons. The fourth-order valence-corrected chi connectivity index (χ4v) is 3.68. The highest BCUT2D eigenvalue weighted by atomic mass is 32.2. The minimum absolute atomic E-state index is 0.434. The minimum atomic E-state index is -0.669. The highest BCUT2D eigenvalue weighted by Crippen LogP contribution is 2.14. The summed E-state index contributed by atoms with van der Waals surface area (Å²) in [5, 5.41) is 2.61. The third-order valence-corrected chi connectivity index (χ3v) is 5.25. The lowest BCUT2D eigenvalue weighted by Gasteiger charge is -2.22. The van der Waals surface area contributed by atoms with Crippen LogP contribution in [0.2, 0.25) is 0 Å². The molecule has 0 heterocycles. The number of carbonyl (C=O) groups excluding carboxylic acids is 2. The van der Waals surface area contributed by atoms with Gasteiger partial charge in [-0.2, -0.15) is 11.8 Å². The largest absolute Gasteiger partial charge is 0.467 e. The molecule has 1 atom stereocenters. The van der Waals surface area contributed by atoms with E-state index in [9.17, 15) is 9.59 Å². The second kappa shape index (κ2) is 16.1. The van der Waals surface area contributed by atoms with Crippen molar-refractivity contribution >= 4 is 23.8 Å². The van der Waals surface area contributed by atoms with Crippen LogP contribution in [0.15, 0.2) is 0 Å². The Bertz CT molecular complexity index is 396. The van der Waals surface area contributed by atoms with Crippen LogP contribution in [0, 0.1) is 0 Å². The summed E-state index contributed by atoms with van der Waals surface area (Å²) in [5.74, 6) is 1.06. The Kier molecular flexibility index (Phi) is 15.5. The summed E-state index contributed by atoms with van der Waals surface area (Å²) in [6, 6.07) is -0.669. The van der Waals surface area contributed by atoms with Crippen LogP contribution in [0.25, 0.3) is 0 Å². The van der Waals surface area contributed by atoms with Crippen molar-refractivity contribution in [2.24, 2.45) is 0 Å². The van der Waals surface area contributed by atoms with Crippen LogP contribution in [-0.4, -0.2) is 42.3 Å². The summed E-state index contributed by atoms with van der Waals surface area (Å²) in [4.78, 5) is 23.7. The average molecular weight is 404 g/mol. The summed E-state index contributed by atoms with van der Waals surface area (Å²) in [6.45, 7) is 7.62. The topological polar surface area (TPSA) is 64.6 Å². The highest BCUT2D eigenvalue weighted by Gasteiger charge is 2.24. The number of carbonyl (C=O) groups is 2. The predicted molar refractivity (Wildman–Crippen MR) is 114 cm³/mol. The van der Waals surface area contributed by atoms with Gasteiger partial charge in [-0.25, -0.2) is 9.59 Å². The van der Waals surface area contributed by atoms with E-state index < -0.39 is 23.7 Å². The summed E-state index contributed by atoms with van der Waals surface area (Å²) in [5.41, 5.74) is -0.589. The number of esters is 1. The van der Waals surface area contributed by atoms with Crippen molar-refractivity contribution in [3.05, 3.63) is 0 Å². The van der Waals surface area contributed by atoms with Gasteiger partial charge in [-0.3, -0.25) is 0 Å². The molecule has 0 bridgehead atoms.